The van der Waals surface area contributed by atoms with Crippen LogP contribution in [-0.4, -0.2) is 27.6 Å². The van der Waals surface area contributed by atoms with Crippen LogP contribution in [0.1, 0.15) is 56.2 Å². The van der Waals surface area contributed by atoms with E-state index in [4.69, 9.17) is 5.73 Å². The van der Waals surface area contributed by atoms with Crippen LogP contribution < -0.4 is 16.0 Å². The molecule has 0 saturated carbocycles. The van der Waals surface area contributed by atoms with Gasteiger partial charge in [0.2, 0.25) is 11.0 Å². The van der Waals surface area contributed by atoms with Gasteiger partial charge in [0, 0.05) is 23.4 Å². The monoisotopic (exact) mass is 584 g/mol. The third kappa shape index (κ3) is 5.92. The van der Waals surface area contributed by atoms with Gasteiger partial charge in [-0.3, -0.25) is 14.5 Å². The first-order valence-corrected chi connectivity index (χ1v) is 15.3. The van der Waals surface area contributed by atoms with E-state index >= 15 is 0 Å². The SMILES string of the molecule is CCc1ccc(C2C(C#N)=C(N)N(c3nnc(SCC(=O)Nc4cccc(C)c4)s3)C3=C2C(=O)CC(C)(C)C3)cc1. The number of hydrogen-bond acceptors (Lipinski definition) is 9. The molecule has 10 heteroatoms. The lowest BCUT2D eigenvalue weighted by Gasteiger charge is -2.42. The smallest absolute Gasteiger partial charge is 0.234 e. The van der Waals surface area contributed by atoms with Gasteiger partial charge in [0.05, 0.1) is 23.3 Å². The molecule has 1 atom stereocenters. The van der Waals surface area contributed by atoms with E-state index in [0.29, 0.717) is 33.5 Å². The van der Waals surface area contributed by atoms with Gasteiger partial charge in [-0.25, -0.2) is 0 Å². The van der Waals surface area contributed by atoms with Crippen LogP contribution in [0.5, 0.6) is 0 Å². The van der Waals surface area contributed by atoms with Crippen molar-refractivity contribution in [3.8, 4) is 6.07 Å². The van der Waals surface area contributed by atoms with Crippen LogP contribution in [0.2, 0.25) is 0 Å². The third-order valence-electron chi connectivity index (χ3n) is 7.32. The second kappa shape index (κ2) is 11.5. The van der Waals surface area contributed by atoms with Crippen molar-refractivity contribution in [3.05, 3.63) is 87.9 Å². The average Bonchev–Trinajstić information content (AvgIpc) is 3.39. The molecule has 5 rings (SSSR count). The number of benzene rings is 2. The molecule has 3 N–H and O–H groups in total. The molecule has 0 radical (unpaired) electrons. The first-order chi connectivity index (χ1) is 19.6. The van der Waals surface area contributed by atoms with E-state index in [1.165, 1.54) is 28.7 Å². The number of nitrogens with zero attached hydrogens (tertiary/aromatic N) is 4. The van der Waals surface area contributed by atoms with Gasteiger partial charge in [-0.2, -0.15) is 5.26 Å². The van der Waals surface area contributed by atoms with E-state index in [9.17, 15) is 14.9 Å². The molecule has 0 saturated heterocycles. The van der Waals surface area contributed by atoms with E-state index in [2.05, 4.69) is 42.4 Å². The summed E-state index contributed by atoms with van der Waals surface area (Å²) in [6.07, 6.45) is 1.88. The summed E-state index contributed by atoms with van der Waals surface area (Å²) in [7, 11) is 0. The number of thioether (sulfide) groups is 1. The van der Waals surface area contributed by atoms with Gasteiger partial charge in [-0.05, 0) is 54.0 Å². The Kier molecular flexibility index (Phi) is 8.02. The number of carbonyl (C=O) groups is 2. The maximum atomic E-state index is 13.7. The van der Waals surface area contributed by atoms with Crippen LogP contribution in [0.3, 0.4) is 0 Å². The Morgan fingerprint density at radius 3 is 2.66 bits per heavy atom. The first kappa shape index (κ1) is 28.6. The molecular formula is C31H32N6O2S2. The molecule has 8 nitrogen and oxygen atoms in total. The second-order valence-corrected chi connectivity index (χ2v) is 13.3. The minimum atomic E-state index is -0.534. The van der Waals surface area contributed by atoms with E-state index in [0.717, 1.165) is 28.9 Å². The number of hydrogen-bond donors (Lipinski definition) is 2. The summed E-state index contributed by atoms with van der Waals surface area (Å²) in [5.74, 6) is -0.257. The summed E-state index contributed by atoms with van der Waals surface area (Å²) >= 11 is 2.56. The lowest BCUT2D eigenvalue weighted by atomic mass is 9.68. The Balaban J connectivity index is 1.46. The van der Waals surface area contributed by atoms with E-state index in [1.54, 1.807) is 4.90 Å². The van der Waals surface area contributed by atoms with Crippen molar-refractivity contribution >= 4 is 45.6 Å². The number of nitrogens with two attached hydrogens (primary N) is 1. The number of rotatable bonds is 7. The zero-order valence-electron chi connectivity index (χ0n) is 23.5. The fraction of sp³-hybridized carbons (Fsp3) is 0.323. The predicted molar refractivity (Wildman–Crippen MR) is 163 cm³/mol. The molecule has 41 heavy (non-hydrogen) atoms. The van der Waals surface area contributed by atoms with Crippen LogP contribution in [0, 0.1) is 23.7 Å². The van der Waals surface area contributed by atoms with Gasteiger partial charge >= 0.3 is 0 Å². The van der Waals surface area contributed by atoms with Crippen LogP contribution >= 0.6 is 23.1 Å². The minimum Gasteiger partial charge on any atom is -0.384 e. The summed E-state index contributed by atoms with van der Waals surface area (Å²) in [6.45, 7) is 8.18. The maximum absolute atomic E-state index is 13.7. The number of ketones is 1. The third-order valence-corrected chi connectivity index (χ3v) is 9.36. The van der Waals surface area contributed by atoms with Crippen molar-refractivity contribution in [1.82, 2.24) is 10.2 Å². The highest BCUT2D eigenvalue weighted by Crippen LogP contribution is 2.50. The minimum absolute atomic E-state index is 0.0120. The van der Waals surface area contributed by atoms with Gasteiger partial charge in [0.25, 0.3) is 0 Å². The summed E-state index contributed by atoms with van der Waals surface area (Å²) in [5, 5.41) is 22.4. The molecule has 1 unspecified atom stereocenters. The fourth-order valence-corrected chi connectivity index (χ4v) is 7.09. The Labute approximate surface area is 248 Å². The zero-order chi connectivity index (χ0) is 29.3. The van der Waals surface area contributed by atoms with Crippen LogP contribution in [0.4, 0.5) is 10.8 Å². The highest BCUT2D eigenvalue weighted by atomic mass is 32.2. The molecule has 0 spiro atoms. The molecule has 1 aliphatic heterocycles. The summed E-state index contributed by atoms with van der Waals surface area (Å²) in [6, 6.07) is 18.0. The average molecular weight is 585 g/mol. The molecule has 2 heterocycles. The first-order valence-electron chi connectivity index (χ1n) is 13.5. The van der Waals surface area contributed by atoms with Crippen molar-refractivity contribution in [3.63, 3.8) is 0 Å². The zero-order valence-corrected chi connectivity index (χ0v) is 25.2. The number of Topliss-reactive ketones (excluding diaryl/α,β-unsaturated/α-hetero) is 1. The summed E-state index contributed by atoms with van der Waals surface area (Å²) < 4.78 is 0.589. The number of aromatic nitrogens is 2. The van der Waals surface area contributed by atoms with Gasteiger partial charge in [-0.1, -0.05) is 80.3 Å². The largest absolute Gasteiger partial charge is 0.384 e. The molecule has 3 aromatic rings. The van der Waals surface area contributed by atoms with Crippen molar-refractivity contribution in [2.45, 2.75) is 57.2 Å². The van der Waals surface area contributed by atoms with Gasteiger partial charge in [0.15, 0.2) is 10.1 Å². The van der Waals surface area contributed by atoms with E-state index < -0.39 is 5.92 Å². The van der Waals surface area contributed by atoms with Gasteiger partial charge in [0.1, 0.15) is 5.82 Å². The van der Waals surface area contributed by atoms with Crippen LogP contribution in [0.15, 0.2) is 75.5 Å². The Bertz CT molecular complexity index is 1610. The lowest BCUT2D eigenvalue weighted by molar-refractivity contribution is -0.118. The highest BCUT2D eigenvalue weighted by molar-refractivity contribution is 8.01. The number of nitrogens with one attached hydrogen (secondary N) is 1. The fourth-order valence-electron chi connectivity index (χ4n) is 5.40. The number of aryl methyl sites for hydroxylation is 2. The predicted octanol–water partition coefficient (Wildman–Crippen LogP) is 6.08. The topological polar surface area (TPSA) is 125 Å². The maximum Gasteiger partial charge on any atom is 0.234 e. The van der Waals surface area contributed by atoms with E-state index in [1.807, 2.05) is 55.5 Å². The quantitative estimate of drug-likeness (QED) is 0.320. The second-order valence-electron chi connectivity index (χ2n) is 11.1. The number of carbonyl (C=O) groups excluding carboxylic acids is 2. The number of nitriles is 1. The number of amides is 1. The van der Waals surface area contributed by atoms with Crippen molar-refractivity contribution in [1.29, 1.82) is 5.26 Å². The molecule has 1 amide bonds. The lowest BCUT2D eigenvalue weighted by Crippen LogP contribution is -2.42. The molecule has 1 aromatic heterocycles. The molecule has 0 fully saturated rings. The molecule has 0 bridgehead atoms. The van der Waals surface area contributed by atoms with Crippen molar-refractivity contribution in [2.75, 3.05) is 16.0 Å². The van der Waals surface area contributed by atoms with Gasteiger partial charge in [-0.15, -0.1) is 10.2 Å². The van der Waals surface area contributed by atoms with Crippen molar-refractivity contribution in [2.24, 2.45) is 11.1 Å². The molecule has 1 aliphatic carbocycles. The standard InChI is InChI=1S/C31H32N6O2S2/c1-5-19-9-11-20(12-10-19)26-22(16-32)28(33)37(23-14-31(3,4)15-24(38)27(23)26)29-35-36-30(41-29)40-17-25(39)34-21-8-6-7-18(2)13-21/h6-13,26H,5,14-15,17,33H2,1-4H3,(H,34,39). The van der Waals surface area contributed by atoms with Crippen LogP contribution in [0.25, 0.3) is 0 Å². The van der Waals surface area contributed by atoms with E-state index in [-0.39, 0.29) is 28.7 Å². The van der Waals surface area contributed by atoms with Crippen molar-refractivity contribution < 1.29 is 9.59 Å². The molecule has 2 aromatic carbocycles. The highest BCUT2D eigenvalue weighted by Gasteiger charge is 2.45. The summed E-state index contributed by atoms with van der Waals surface area (Å²) in [4.78, 5) is 28.0. The van der Waals surface area contributed by atoms with Crippen LogP contribution in [-0.2, 0) is 16.0 Å². The molecular weight excluding hydrogens is 553 g/mol. The van der Waals surface area contributed by atoms with Gasteiger partial charge < -0.3 is 11.1 Å². The molecule has 2 aliphatic rings. The molecule has 210 valence electrons. The number of allylic oxidation sites excluding steroid dienone is 3. The number of anilines is 2. The Hall–Kier alpha value is -3.94. The Morgan fingerprint density at radius 1 is 1.22 bits per heavy atom. The Morgan fingerprint density at radius 2 is 1.98 bits per heavy atom. The normalized spacial score (nSPS) is 18.3. The summed E-state index contributed by atoms with van der Waals surface area (Å²) in [5.41, 5.74) is 12.0.